The lowest BCUT2D eigenvalue weighted by Gasteiger charge is -2.26. The molecule has 1 aromatic carbocycles. The van der Waals surface area contributed by atoms with Gasteiger partial charge in [-0.05, 0) is 68.1 Å². The number of nitriles is 1. The number of aromatic nitrogens is 1. The van der Waals surface area contributed by atoms with Crippen LogP contribution in [0.1, 0.15) is 42.6 Å². The second-order valence-electron chi connectivity index (χ2n) is 9.75. The molecule has 34 heavy (non-hydrogen) atoms. The highest BCUT2D eigenvalue weighted by Crippen LogP contribution is 2.55. The summed E-state index contributed by atoms with van der Waals surface area (Å²) in [6, 6.07) is 7.85. The van der Waals surface area contributed by atoms with Crippen LogP contribution in [0.15, 0.2) is 24.3 Å². The summed E-state index contributed by atoms with van der Waals surface area (Å²) in [6.45, 7) is 0.592. The number of hydrogen-bond acceptors (Lipinski definition) is 5. The lowest BCUT2D eigenvalue weighted by molar-refractivity contribution is -0.126. The Morgan fingerprint density at radius 1 is 1.24 bits per heavy atom. The number of carbonyl (C=O) groups excluding carboxylic acids is 3. The van der Waals surface area contributed by atoms with Crippen molar-refractivity contribution in [1.82, 2.24) is 20.9 Å². The Balaban J connectivity index is 1.31. The topological polar surface area (TPSA) is 136 Å². The van der Waals surface area contributed by atoms with Crippen LogP contribution in [0.25, 0.3) is 10.9 Å². The fraction of sp³-hybridized carbons (Fsp3) is 0.520. The molecule has 5 unspecified atom stereocenters. The van der Waals surface area contributed by atoms with Crippen LogP contribution in [-0.2, 0) is 9.59 Å². The molecule has 3 aliphatic rings. The monoisotopic (exact) mass is 463 g/mol. The van der Waals surface area contributed by atoms with Crippen molar-refractivity contribution < 1.29 is 19.1 Å². The van der Waals surface area contributed by atoms with Crippen LogP contribution in [0.3, 0.4) is 0 Å². The number of amides is 3. The molecule has 2 aliphatic carbocycles. The van der Waals surface area contributed by atoms with Gasteiger partial charge < -0.3 is 25.7 Å². The third kappa shape index (κ3) is 4.32. The van der Waals surface area contributed by atoms with Crippen LogP contribution in [0.2, 0.25) is 0 Å². The number of nitrogens with one attached hydrogen (secondary N) is 4. The summed E-state index contributed by atoms with van der Waals surface area (Å²) in [7, 11) is 1.58. The Bertz CT molecular complexity index is 1160. The van der Waals surface area contributed by atoms with E-state index < -0.39 is 12.1 Å². The highest BCUT2D eigenvalue weighted by molar-refractivity contribution is 6.01. The molecule has 2 aromatic rings. The number of ether oxygens (including phenoxy) is 1. The van der Waals surface area contributed by atoms with Crippen LogP contribution >= 0.6 is 0 Å². The zero-order valence-electron chi connectivity index (χ0n) is 19.1. The molecule has 0 radical (unpaired) electrons. The van der Waals surface area contributed by atoms with Gasteiger partial charge in [0.1, 0.15) is 23.5 Å². The SMILES string of the molecule is COc1cccc2[nH]c(C(=O)NC(C(=O)NC(C#N)CC3CCNC3=O)C3CC4CC4C3)cc12. The molecule has 0 bridgehead atoms. The molecular formula is C25H29N5O4. The standard InChI is InChI=1S/C25H29N5O4/c1-34-21-4-2-3-19-18(21)11-20(29-19)24(32)30-22(16-8-14-7-15(14)9-16)25(33)28-17(12-26)10-13-5-6-27-23(13)31/h2-4,11,13-17,22,29H,5-10H2,1H3,(H,27,31)(H,28,33)(H,30,32). The van der Waals surface area contributed by atoms with E-state index in [-0.39, 0.29) is 36.0 Å². The van der Waals surface area contributed by atoms with Gasteiger partial charge in [-0.2, -0.15) is 5.26 Å². The van der Waals surface area contributed by atoms with Crippen molar-refractivity contribution in [1.29, 1.82) is 5.26 Å². The number of H-pyrrole nitrogens is 1. The van der Waals surface area contributed by atoms with Gasteiger partial charge in [0, 0.05) is 23.4 Å². The fourth-order valence-electron chi connectivity index (χ4n) is 5.64. The molecule has 0 spiro atoms. The first-order valence-corrected chi connectivity index (χ1v) is 11.9. The van der Waals surface area contributed by atoms with Crippen molar-refractivity contribution in [3.63, 3.8) is 0 Å². The van der Waals surface area contributed by atoms with E-state index >= 15 is 0 Å². The van der Waals surface area contributed by atoms with Gasteiger partial charge in [0.15, 0.2) is 0 Å². The van der Waals surface area contributed by atoms with Gasteiger partial charge in [0.2, 0.25) is 11.8 Å². The van der Waals surface area contributed by atoms with Gasteiger partial charge >= 0.3 is 0 Å². The Hall–Kier alpha value is -3.54. The van der Waals surface area contributed by atoms with E-state index in [1.54, 1.807) is 13.2 Å². The smallest absolute Gasteiger partial charge is 0.268 e. The summed E-state index contributed by atoms with van der Waals surface area (Å²) in [5.74, 6) is 0.849. The number of aromatic amines is 1. The number of nitrogens with zero attached hydrogens (tertiary/aromatic N) is 1. The van der Waals surface area contributed by atoms with E-state index in [9.17, 15) is 19.6 Å². The van der Waals surface area contributed by atoms with Crippen molar-refractivity contribution >= 4 is 28.6 Å². The Labute approximate surface area is 197 Å². The van der Waals surface area contributed by atoms with E-state index in [1.165, 1.54) is 6.42 Å². The first kappa shape index (κ1) is 22.3. The second-order valence-corrected chi connectivity index (χ2v) is 9.75. The minimum Gasteiger partial charge on any atom is -0.496 e. The average molecular weight is 464 g/mol. The summed E-state index contributed by atoms with van der Waals surface area (Å²) in [4.78, 5) is 41.5. The van der Waals surface area contributed by atoms with Crippen molar-refractivity contribution in [2.24, 2.45) is 23.7 Å². The van der Waals surface area contributed by atoms with Crippen LogP contribution in [0, 0.1) is 35.0 Å². The molecule has 5 rings (SSSR count). The molecule has 1 aromatic heterocycles. The van der Waals surface area contributed by atoms with Crippen molar-refractivity contribution in [2.75, 3.05) is 13.7 Å². The molecule has 5 atom stereocenters. The molecule has 3 amide bonds. The minimum atomic E-state index is -0.783. The number of hydrogen-bond donors (Lipinski definition) is 4. The molecule has 4 N–H and O–H groups in total. The lowest BCUT2D eigenvalue weighted by Crippen LogP contribution is -2.53. The number of benzene rings is 1. The highest BCUT2D eigenvalue weighted by atomic mass is 16.5. The zero-order chi connectivity index (χ0) is 23.8. The molecule has 2 saturated carbocycles. The minimum absolute atomic E-state index is 0.0285. The van der Waals surface area contributed by atoms with Gasteiger partial charge in [0.25, 0.3) is 5.91 Å². The molecule has 9 nitrogen and oxygen atoms in total. The Morgan fingerprint density at radius 3 is 2.71 bits per heavy atom. The fourth-order valence-corrected chi connectivity index (χ4v) is 5.64. The summed E-state index contributed by atoms with van der Waals surface area (Å²) < 4.78 is 5.38. The van der Waals surface area contributed by atoms with Crippen molar-refractivity contribution in [2.45, 2.75) is 44.2 Å². The van der Waals surface area contributed by atoms with Crippen LogP contribution in [0.4, 0.5) is 0 Å². The van der Waals surface area contributed by atoms with Crippen molar-refractivity contribution in [3.05, 3.63) is 30.0 Å². The molecule has 1 aliphatic heterocycles. The van der Waals surface area contributed by atoms with E-state index in [2.05, 4.69) is 27.0 Å². The van der Waals surface area contributed by atoms with E-state index in [0.29, 0.717) is 36.2 Å². The highest BCUT2D eigenvalue weighted by Gasteiger charge is 2.49. The van der Waals surface area contributed by atoms with Gasteiger partial charge in [-0.1, -0.05) is 6.07 Å². The molecule has 2 heterocycles. The maximum Gasteiger partial charge on any atom is 0.268 e. The summed E-state index contributed by atoms with van der Waals surface area (Å²) in [6.07, 6.45) is 3.91. The summed E-state index contributed by atoms with van der Waals surface area (Å²) in [5, 5.41) is 18.9. The number of rotatable bonds is 8. The molecular weight excluding hydrogens is 434 g/mol. The number of methoxy groups -OCH3 is 1. The Kier molecular flexibility index (Phi) is 5.90. The first-order chi connectivity index (χ1) is 16.5. The maximum absolute atomic E-state index is 13.3. The normalized spacial score (nSPS) is 26.8. The maximum atomic E-state index is 13.3. The van der Waals surface area contributed by atoms with Crippen molar-refractivity contribution in [3.8, 4) is 11.8 Å². The predicted octanol–water partition coefficient (Wildman–Crippen LogP) is 1.86. The molecule has 9 heteroatoms. The number of carbonyl (C=O) groups is 3. The summed E-state index contributed by atoms with van der Waals surface area (Å²) in [5.41, 5.74) is 1.12. The zero-order valence-corrected chi connectivity index (χ0v) is 19.1. The van der Waals surface area contributed by atoms with Crippen LogP contribution in [0.5, 0.6) is 5.75 Å². The lowest BCUT2D eigenvalue weighted by atomic mass is 9.92. The second kappa shape index (κ2) is 9.01. The van der Waals surface area contributed by atoms with Gasteiger partial charge in [-0.15, -0.1) is 0 Å². The predicted molar refractivity (Wildman–Crippen MR) is 124 cm³/mol. The third-order valence-electron chi connectivity index (χ3n) is 7.56. The van der Waals surface area contributed by atoms with Gasteiger partial charge in [0.05, 0.1) is 13.2 Å². The van der Waals surface area contributed by atoms with E-state index in [4.69, 9.17) is 4.74 Å². The van der Waals surface area contributed by atoms with Gasteiger partial charge in [-0.25, -0.2) is 0 Å². The largest absolute Gasteiger partial charge is 0.496 e. The average Bonchev–Trinajstić information content (AvgIpc) is 3.18. The van der Waals surface area contributed by atoms with E-state index in [1.807, 2.05) is 18.2 Å². The molecule has 3 fully saturated rings. The summed E-state index contributed by atoms with van der Waals surface area (Å²) >= 11 is 0. The van der Waals surface area contributed by atoms with Crippen LogP contribution in [-0.4, -0.2) is 48.4 Å². The molecule has 1 saturated heterocycles. The van der Waals surface area contributed by atoms with E-state index in [0.717, 1.165) is 23.7 Å². The first-order valence-electron chi connectivity index (χ1n) is 11.9. The third-order valence-corrected chi connectivity index (χ3v) is 7.56. The molecule has 178 valence electrons. The quantitative estimate of drug-likeness (QED) is 0.474. The van der Waals surface area contributed by atoms with Crippen LogP contribution < -0.4 is 20.7 Å². The number of fused-ring (bicyclic) bond motifs is 2. The van der Waals surface area contributed by atoms with Gasteiger partial charge in [-0.3, -0.25) is 14.4 Å². The Morgan fingerprint density at radius 2 is 2.03 bits per heavy atom.